The molecule has 1 amide bonds. The van der Waals surface area contributed by atoms with Crippen LogP contribution in [0.1, 0.15) is 37.9 Å². The van der Waals surface area contributed by atoms with Crippen LogP contribution < -0.4 is 10.0 Å². The second-order valence-electron chi connectivity index (χ2n) is 8.06. The molecular formula is C21H28N2O7S2. The summed E-state index contributed by atoms with van der Waals surface area (Å²) in [4.78, 5) is 12.4. The van der Waals surface area contributed by atoms with Gasteiger partial charge in [-0.25, -0.2) is 13.7 Å². The van der Waals surface area contributed by atoms with Crippen LogP contribution in [0.25, 0.3) is 0 Å². The number of amides is 1. The van der Waals surface area contributed by atoms with Gasteiger partial charge in [-0.1, -0.05) is 48.0 Å². The molecule has 0 spiro atoms. The molecule has 3 atom stereocenters. The Kier molecular flexibility index (Phi) is 8.93. The average Bonchev–Trinajstić information content (AvgIpc) is 2.69. The lowest BCUT2D eigenvalue weighted by atomic mass is 10.0. The Bertz CT molecular complexity index is 1020. The van der Waals surface area contributed by atoms with E-state index in [4.69, 9.17) is 8.92 Å². The van der Waals surface area contributed by atoms with Crippen LogP contribution in [-0.4, -0.2) is 41.5 Å². The molecule has 0 saturated carbocycles. The lowest BCUT2D eigenvalue weighted by Crippen LogP contribution is -2.49. The molecule has 0 bridgehead atoms. The van der Waals surface area contributed by atoms with Crippen molar-refractivity contribution in [2.75, 3.05) is 6.61 Å². The summed E-state index contributed by atoms with van der Waals surface area (Å²) < 4.78 is 59.2. The van der Waals surface area contributed by atoms with Gasteiger partial charge in [0.1, 0.15) is 5.60 Å². The quantitative estimate of drug-likeness (QED) is 0.368. The molecule has 2 aromatic rings. The second kappa shape index (κ2) is 11.0. The molecule has 0 fully saturated rings. The minimum Gasteiger partial charge on any atom is -0.444 e. The predicted molar refractivity (Wildman–Crippen MR) is 121 cm³/mol. The first-order chi connectivity index (χ1) is 14.9. The topological polar surface area (TPSA) is 131 Å². The molecule has 0 aromatic heterocycles. The summed E-state index contributed by atoms with van der Waals surface area (Å²) in [6.07, 6.45) is -0.828. The summed E-state index contributed by atoms with van der Waals surface area (Å²) in [5.74, 6) is 0. The van der Waals surface area contributed by atoms with Crippen molar-refractivity contribution in [3.8, 4) is 0 Å². The first kappa shape index (κ1) is 25.9. The average molecular weight is 485 g/mol. The van der Waals surface area contributed by atoms with E-state index < -0.39 is 51.8 Å². The molecule has 0 heterocycles. The van der Waals surface area contributed by atoms with Crippen LogP contribution >= 0.6 is 0 Å². The normalized spacial score (nSPS) is 14.9. The molecule has 1 unspecified atom stereocenters. The molecule has 0 saturated heterocycles. The smallest absolute Gasteiger partial charge is 0.408 e. The van der Waals surface area contributed by atoms with Crippen molar-refractivity contribution in [1.29, 1.82) is 0 Å². The fraction of sp³-hybridized carbons (Fsp3) is 0.381. The summed E-state index contributed by atoms with van der Waals surface area (Å²) in [6, 6.07) is 12.6. The summed E-state index contributed by atoms with van der Waals surface area (Å²) >= 11 is -2.46. The molecule has 0 radical (unpaired) electrons. The van der Waals surface area contributed by atoms with Crippen LogP contribution in [0.5, 0.6) is 0 Å². The standard InChI is InChI=1S/C21H28N2O7S2/c1-15-10-12-17(13-11-15)32(27,28)29-14-18(22-20(24)30-21(2,3)4)19(23-31(25)26)16-8-6-5-7-9-16/h5-13,18-19,23H,14H2,1-4H3,(H,22,24)(H,25,26)/t18-,19+/m1/s1. The fourth-order valence-electron chi connectivity index (χ4n) is 2.77. The lowest BCUT2D eigenvalue weighted by molar-refractivity contribution is 0.0475. The van der Waals surface area contributed by atoms with Gasteiger partial charge in [-0.3, -0.25) is 8.74 Å². The van der Waals surface area contributed by atoms with Crippen molar-refractivity contribution in [1.82, 2.24) is 10.0 Å². The highest BCUT2D eigenvalue weighted by molar-refractivity contribution is 7.86. The van der Waals surface area contributed by atoms with E-state index in [9.17, 15) is 22.0 Å². The van der Waals surface area contributed by atoms with Gasteiger partial charge in [0, 0.05) is 0 Å². The molecular weight excluding hydrogens is 456 g/mol. The van der Waals surface area contributed by atoms with Gasteiger partial charge < -0.3 is 10.1 Å². The molecule has 11 heteroatoms. The van der Waals surface area contributed by atoms with Crippen LogP contribution in [0.3, 0.4) is 0 Å². The summed E-state index contributed by atoms with van der Waals surface area (Å²) in [5.41, 5.74) is 0.610. The van der Waals surface area contributed by atoms with E-state index in [1.807, 2.05) is 6.92 Å². The molecule has 0 aliphatic rings. The molecule has 3 N–H and O–H groups in total. The number of ether oxygens (including phenoxy) is 1. The van der Waals surface area contributed by atoms with Crippen molar-refractivity contribution in [3.63, 3.8) is 0 Å². The zero-order chi connectivity index (χ0) is 23.9. The lowest BCUT2D eigenvalue weighted by Gasteiger charge is -2.29. The predicted octanol–water partition coefficient (Wildman–Crippen LogP) is 3.06. The van der Waals surface area contributed by atoms with E-state index in [2.05, 4.69) is 10.0 Å². The van der Waals surface area contributed by atoms with Crippen LogP contribution in [0.15, 0.2) is 59.5 Å². The number of carbonyl (C=O) groups excluding carboxylic acids is 1. The third-order valence-corrected chi connectivity index (χ3v) is 5.95. The molecule has 2 rings (SSSR count). The molecule has 32 heavy (non-hydrogen) atoms. The minimum absolute atomic E-state index is 0.0472. The summed E-state index contributed by atoms with van der Waals surface area (Å²) in [5, 5.41) is 2.55. The van der Waals surface area contributed by atoms with Gasteiger partial charge in [0.15, 0.2) is 0 Å². The zero-order valence-corrected chi connectivity index (χ0v) is 19.9. The Labute approximate surface area is 191 Å². The third kappa shape index (κ3) is 8.32. The van der Waals surface area contributed by atoms with E-state index in [0.29, 0.717) is 5.56 Å². The van der Waals surface area contributed by atoms with Gasteiger partial charge in [0.25, 0.3) is 10.1 Å². The monoisotopic (exact) mass is 484 g/mol. The van der Waals surface area contributed by atoms with Crippen molar-refractivity contribution < 1.29 is 30.9 Å². The Morgan fingerprint density at radius 1 is 1.09 bits per heavy atom. The number of hydrogen-bond donors (Lipinski definition) is 3. The molecule has 2 aromatic carbocycles. The number of aryl methyl sites for hydroxylation is 1. The molecule has 0 aliphatic heterocycles. The summed E-state index contributed by atoms with van der Waals surface area (Å²) in [7, 11) is -4.15. The van der Waals surface area contributed by atoms with E-state index in [0.717, 1.165) is 5.56 Å². The third-order valence-electron chi connectivity index (χ3n) is 4.20. The highest BCUT2D eigenvalue weighted by atomic mass is 32.2. The number of nitrogens with one attached hydrogen (secondary N) is 2. The first-order valence-electron chi connectivity index (χ1n) is 9.75. The highest BCUT2D eigenvalue weighted by Gasteiger charge is 2.30. The summed E-state index contributed by atoms with van der Waals surface area (Å²) in [6.45, 7) is 6.34. The highest BCUT2D eigenvalue weighted by Crippen LogP contribution is 2.21. The van der Waals surface area contributed by atoms with Crippen LogP contribution in [0, 0.1) is 6.92 Å². The minimum atomic E-state index is -4.15. The second-order valence-corrected chi connectivity index (χ2v) is 10.4. The largest absolute Gasteiger partial charge is 0.444 e. The number of rotatable bonds is 9. The van der Waals surface area contributed by atoms with Gasteiger partial charge in [-0.15, -0.1) is 0 Å². The molecule has 0 aliphatic carbocycles. The first-order valence-corrected chi connectivity index (χ1v) is 12.3. The maximum atomic E-state index is 12.6. The van der Waals surface area contributed by atoms with Gasteiger partial charge in [-0.2, -0.15) is 8.42 Å². The molecule has 9 nitrogen and oxygen atoms in total. The maximum absolute atomic E-state index is 12.6. The number of hydrogen-bond acceptors (Lipinski definition) is 6. The fourth-order valence-corrected chi connectivity index (χ4v) is 4.22. The zero-order valence-electron chi connectivity index (χ0n) is 18.3. The van der Waals surface area contributed by atoms with Crippen molar-refractivity contribution in [2.24, 2.45) is 0 Å². The van der Waals surface area contributed by atoms with Gasteiger partial charge in [0.2, 0.25) is 11.3 Å². The number of carbonyl (C=O) groups is 1. The Morgan fingerprint density at radius 3 is 2.22 bits per heavy atom. The Morgan fingerprint density at radius 2 is 1.69 bits per heavy atom. The van der Waals surface area contributed by atoms with Crippen LogP contribution in [0.4, 0.5) is 4.79 Å². The number of benzene rings is 2. The van der Waals surface area contributed by atoms with E-state index in [-0.39, 0.29) is 4.90 Å². The van der Waals surface area contributed by atoms with Gasteiger partial charge in [0.05, 0.1) is 23.6 Å². The van der Waals surface area contributed by atoms with Crippen LogP contribution in [0.2, 0.25) is 0 Å². The SMILES string of the molecule is Cc1ccc(S(=O)(=O)OC[C@@H](NC(=O)OC(C)(C)C)[C@@H](NS(=O)O)c2ccccc2)cc1. The van der Waals surface area contributed by atoms with Crippen molar-refractivity contribution >= 4 is 27.5 Å². The Balaban J connectivity index is 2.32. The van der Waals surface area contributed by atoms with Crippen LogP contribution in [-0.2, 0) is 30.3 Å². The molecule has 176 valence electrons. The number of alkyl carbamates (subject to hydrolysis) is 1. The van der Waals surface area contributed by atoms with E-state index in [1.54, 1.807) is 63.2 Å². The maximum Gasteiger partial charge on any atom is 0.408 e. The Hall–Kier alpha value is -2.31. The van der Waals surface area contributed by atoms with Crippen molar-refractivity contribution in [3.05, 3.63) is 65.7 Å². The van der Waals surface area contributed by atoms with Crippen molar-refractivity contribution in [2.45, 2.75) is 50.3 Å². The van der Waals surface area contributed by atoms with E-state index >= 15 is 0 Å². The van der Waals surface area contributed by atoms with E-state index in [1.165, 1.54) is 12.1 Å². The van der Waals surface area contributed by atoms with Gasteiger partial charge in [-0.05, 0) is 45.4 Å². The van der Waals surface area contributed by atoms with Gasteiger partial charge >= 0.3 is 6.09 Å².